The predicted octanol–water partition coefficient (Wildman–Crippen LogP) is 3.19. The first-order valence-corrected chi connectivity index (χ1v) is 7.17. The van der Waals surface area contributed by atoms with Crippen LogP contribution in [0.4, 0.5) is 0 Å². The fraction of sp³-hybridized carbons (Fsp3) is 0.429. The first-order valence-electron chi connectivity index (χ1n) is 6.44. The average Bonchev–Trinajstić information content (AvgIpc) is 2.93. The molecule has 1 aromatic carbocycles. The van der Waals surface area contributed by atoms with Crippen LogP contribution >= 0.6 is 11.7 Å². The number of nitrogens with one attached hydrogen (secondary N) is 1. The van der Waals surface area contributed by atoms with E-state index in [0.717, 1.165) is 25.1 Å². The summed E-state index contributed by atoms with van der Waals surface area (Å²) in [5.74, 6) is 0. The van der Waals surface area contributed by atoms with Crippen molar-refractivity contribution in [3.05, 3.63) is 47.3 Å². The predicted molar refractivity (Wildman–Crippen MR) is 75.9 cm³/mol. The van der Waals surface area contributed by atoms with Gasteiger partial charge in [0.2, 0.25) is 0 Å². The second-order valence-corrected chi connectivity index (χ2v) is 4.87. The molecule has 0 spiro atoms. The summed E-state index contributed by atoms with van der Waals surface area (Å²) in [6.07, 6.45) is 4.03. The Labute approximate surface area is 113 Å². The molecule has 0 saturated heterocycles. The topological polar surface area (TPSA) is 37.8 Å². The van der Waals surface area contributed by atoms with Crippen molar-refractivity contribution in [1.29, 1.82) is 0 Å². The van der Waals surface area contributed by atoms with E-state index in [0.29, 0.717) is 0 Å². The zero-order valence-electron chi connectivity index (χ0n) is 10.9. The summed E-state index contributed by atoms with van der Waals surface area (Å²) in [4.78, 5) is 0. The Kier molecular flexibility index (Phi) is 4.84. The fourth-order valence-electron chi connectivity index (χ4n) is 1.97. The van der Waals surface area contributed by atoms with E-state index in [1.807, 2.05) is 6.20 Å². The molecule has 0 fully saturated rings. The second-order valence-electron chi connectivity index (χ2n) is 4.32. The van der Waals surface area contributed by atoms with Gasteiger partial charge in [0.25, 0.3) is 0 Å². The molecule has 0 bridgehead atoms. The third-order valence-corrected chi connectivity index (χ3v) is 3.46. The fourth-order valence-corrected chi connectivity index (χ4v) is 2.42. The quantitative estimate of drug-likeness (QED) is 0.868. The molecule has 1 unspecified atom stereocenters. The van der Waals surface area contributed by atoms with Gasteiger partial charge in [-0.15, -0.1) is 0 Å². The molecule has 1 heterocycles. The van der Waals surface area contributed by atoms with E-state index in [-0.39, 0.29) is 6.04 Å². The molecule has 4 heteroatoms. The Morgan fingerprint density at radius 2 is 2.22 bits per heavy atom. The second kappa shape index (κ2) is 6.61. The lowest BCUT2D eigenvalue weighted by molar-refractivity contribution is 0.589. The number of hydrogen-bond donors (Lipinski definition) is 1. The van der Waals surface area contributed by atoms with E-state index < -0.39 is 0 Å². The van der Waals surface area contributed by atoms with Gasteiger partial charge in [-0.1, -0.05) is 38.1 Å². The lowest BCUT2D eigenvalue weighted by Gasteiger charge is -2.17. The summed E-state index contributed by atoms with van der Waals surface area (Å²) in [6, 6.07) is 8.86. The Hall–Kier alpha value is -1.26. The maximum Gasteiger partial charge on any atom is 0.0957 e. The van der Waals surface area contributed by atoms with E-state index in [4.69, 9.17) is 0 Å². The van der Waals surface area contributed by atoms with Gasteiger partial charge in [-0.25, -0.2) is 0 Å². The van der Waals surface area contributed by atoms with Crippen molar-refractivity contribution >= 4 is 11.7 Å². The highest BCUT2D eigenvalue weighted by Gasteiger charge is 2.15. The van der Waals surface area contributed by atoms with Crippen molar-refractivity contribution in [3.8, 4) is 0 Å². The Bertz CT molecular complexity index is 468. The van der Waals surface area contributed by atoms with E-state index >= 15 is 0 Å². The standard InChI is InChI=1S/C14H19N3S/c1-3-8-15-14(13-10-16-18-17-13)12-7-5-6-11(4-2)9-12/h5-7,9-10,14-15H,3-4,8H2,1-2H3. The normalized spacial score (nSPS) is 12.6. The first kappa shape index (κ1) is 13.2. The molecular weight excluding hydrogens is 242 g/mol. The molecule has 2 aromatic rings. The largest absolute Gasteiger partial charge is 0.305 e. The molecule has 1 aromatic heterocycles. The van der Waals surface area contributed by atoms with Gasteiger partial charge in [0, 0.05) is 0 Å². The minimum atomic E-state index is 0.162. The highest BCUT2D eigenvalue weighted by Crippen LogP contribution is 2.21. The maximum atomic E-state index is 4.37. The van der Waals surface area contributed by atoms with Crippen molar-refractivity contribution in [2.24, 2.45) is 0 Å². The van der Waals surface area contributed by atoms with Crippen LogP contribution in [0.25, 0.3) is 0 Å². The van der Waals surface area contributed by atoms with Crippen LogP contribution in [0.2, 0.25) is 0 Å². The van der Waals surface area contributed by atoms with E-state index in [1.165, 1.54) is 22.9 Å². The van der Waals surface area contributed by atoms with Gasteiger partial charge in [-0.3, -0.25) is 0 Å². The Morgan fingerprint density at radius 3 is 2.89 bits per heavy atom. The number of benzene rings is 1. The summed E-state index contributed by atoms with van der Waals surface area (Å²) >= 11 is 1.27. The van der Waals surface area contributed by atoms with Gasteiger partial charge in [0.15, 0.2) is 0 Å². The summed E-state index contributed by atoms with van der Waals surface area (Å²) < 4.78 is 8.48. The van der Waals surface area contributed by atoms with E-state index in [2.05, 4.69) is 52.2 Å². The zero-order chi connectivity index (χ0) is 12.8. The molecule has 0 saturated carbocycles. The average molecular weight is 261 g/mol. The van der Waals surface area contributed by atoms with Crippen molar-refractivity contribution < 1.29 is 0 Å². The molecule has 0 aliphatic heterocycles. The van der Waals surface area contributed by atoms with Crippen LogP contribution in [-0.4, -0.2) is 15.3 Å². The van der Waals surface area contributed by atoms with Crippen LogP contribution < -0.4 is 5.32 Å². The smallest absolute Gasteiger partial charge is 0.0957 e. The van der Waals surface area contributed by atoms with Crippen LogP contribution in [0.1, 0.15) is 43.1 Å². The highest BCUT2D eigenvalue weighted by molar-refractivity contribution is 6.99. The molecule has 18 heavy (non-hydrogen) atoms. The molecule has 96 valence electrons. The number of aryl methyl sites for hydroxylation is 1. The van der Waals surface area contributed by atoms with Crippen molar-refractivity contribution in [2.45, 2.75) is 32.7 Å². The lowest BCUT2D eigenvalue weighted by Crippen LogP contribution is -2.23. The molecule has 1 atom stereocenters. The van der Waals surface area contributed by atoms with Crippen molar-refractivity contribution in [3.63, 3.8) is 0 Å². The Morgan fingerprint density at radius 1 is 1.33 bits per heavy atom. The molecule has 0 aliphatic rings. The van der Waals surface area contributed by atoms with Gasteiger partial charge in [-0.05, 0) is 30.5 Å². The number of aromatic nitrogens is 2. The van der Waals surface area contributed by atoms with E-state index in [9.17, 15) is 0 Å². The highest BCUT2D eigenvalue weighted by atomic mass is 32.1. The molecule has 1 N–H and O–H groups in total. The van der Waals surface area contributed by atoms with Gasteiger partial charge in [0.05, 0.1) is 29.7 Å². The zero-order valence-corrected chi connectivity index (χ0v) is 11.7. The molecule has 0 aliphatic carbocycles. The van der Waals surface area contributed by atoms with Crippen LogP contribution in [0.5, 0.6) is 0 Å². The number of rotatable bonds is 6. The van der Waals surface area contributed by atoms with Gasteiger partial charge >= 0.3 is 0 Å². The minimum Gasteiger partial charge on any atom is -0.305 e. The van der Waals surface area contributed by atoms with Crippen LogP contribution in [-0.2, 0) is 6.42 Å². The summed E-state index contributed by atoms with van der Waals surface area (Å²) in [6.45, 7) is 5.34. The molecule has 0 radical (unpaired) electrons. The monoisotopic (exact) mass is 261 g/mol. The third kappa shape index (κ3) is 3.15. The summed E-state index contributed by atoms with van der Waals surface area (Å²) in [5.41, 5.74) is 3.65. The summed E-state index contributed by atoms with van der Waals surface area (Å²) in [7, 11) is 0. The molecule has 2 rings (SSSR count). The maximum absolute atomic E-state index is 4.37. The Balaban J connectivity index is 2.27. The molecule has 0 amide bonds. The van der Waals surface area contributed by atoms with Gasteiger partial charge < -0.3 is 5.32 Å². The molecule has 3 nitrogen and oxygen atoms in total. The van der Waals surface area contributed by atoms with Gasteiger partial charge in [-0.2, -0.15) is 8.75 Å². The van der Waals surface area contributed by atoms with Crippen molar-refractivity contribution in [2.75, 3.05) is 6.54 Å². The molecular formula is C14H19N3S. The number of hydrogen-bond acceptors (Lipinski definition) is 4. The van der Waals surface area contributed by atoms with Gasteiger partial charge in [0.1, 0.15) is 0 Å². The van der Waals surface area contributed by atoms with Crippen LogP contribution in [0.3, 0.4) is 0 Å². The third-order valence-electron chi connectivity index (χ3n) is 2.97. The SMILES string of the molecule is CCCNC(c1cccc(CC)c1)c1cnsn1. The first-order chi connectivity index (χ1) is 8.85. The van der Waals surface area contributed by atoms with E-state index in [1.54, 1.807) is 0 Å². The number of nitrogens with zero attached hydrogens (tertiary/aromatic N) is 2. The van der Waals surface area contributed by atoms with Crippen LogP contribution in [0, 0.1) is 0 Å². The van der Waals surface area contributed by atoms with Crippen molar-refractivity contribution in [1.82, 2.24) is 14.1 Å². The lowest BCUT2D eigenvalue weighted by atomic mass is 10.0. The minimum absolute atomic E-state index is 0.162. The van der Waals surface area contributed by atoms with Crippen LogP contribution in [0.15, 0.2) is 30.5 Å². The summed E-state index contributed by atoms with van der Waals surface area (Å²) in [5, 5.41) is 3.54.